The first-order valence-electron chi connectivity index (χ1n) is 7.13. The van der Waals surface area contributed by atoms with Crippen molar-refractivity contribution in [3.8, 4) is 11.8 Å². The van der Waals surface area contributed by atoms with E-state index < -0.39 is 0 Å². The van der Waals surface area contributed by atoms with Gasteiger partial charge in [0.05, 0.1) is 24.8 Å². The van der Waals surface area contributed by atoms with Crippen molar-refractivity contribution in [2.24, 2.45) is 0 Å². The molecule has 0 aliphatic rings. The number of carbonyl (C=O) groups is 1. The van der Waals surface area contributed by atoms with Gasteiger partial charge >= 0.3 is 0 Å². The Balaban J connectivity index is 2.14. The molecular weight excluding hydrogens is 276 g/mol. The van der Waals surface area contributed by atoms with Crippen molar-refractivity contribution in [1.29, 1.82) is 5.26 Å². The van der Waals surface area contributed by atoms with Crippen molar-refractivity contribution in [2.45, 2.75) is 19.4 Å². The monoisotopic (exact) mass is 294 g/mol. The zero-order valence-corrected chi connectivity index (χ0v) is 12.7. The van der Waals surface area contributed by atoms with Crippen LogP contribution in [0.4, 0.5) is 0 Å². The molecule has 0 aromatic heterocycles. The molecule has 0 saturated carbocycles. The van der Waals surface area contributed by atoms with Gasteiger partial charge in [0.2, 0.25) is 0 Å². The third-order valence-corrected chi connectivity index (χ3v) is 3.49. The molecule has 2 aromatic rings. The van der Waals surface area contributed by atoms with Crippen molar-refractivity contribution in [2.75, 3.05) is 7.11 Å². The third kappa shape index (κ3) is 3.64. The molecule has 0 radical (unpaired) electrons. The smallest absolute Gasteiger partial charge is 0.251 e. The van der Waals surface area contributed by atoms with Crippen LogP contribution in [0.3, 0.4) is 0 Å². The van der Waals surface area contributed by atoms with Gasteiger partial charge in [-0.25, -0.2) is 0 Å². The highest BCUT2D eigenvalue weighted by Crippen LogP contribution is 2.20. The van der Waals surface area contributed by atoms with Crippen LogP contribution in [-0.4, -0.2) is 13.0 Å². The van der Waals surface area contributed by atoms with Gasteiger partial charge in [-0.15, -0.1) is 0 Å². The van der Waals surface area contributed by atoms with E-state index in [1.165, 1.54) is 0 Å². The highest BCUT2D eigenvalue weighted by molar-refractivity contribution is 5.94. The fourth-order valence-corrected chi connectivity index (χ4v) is 2.23. The lowest BCUT2D eigenvalue weighted by Gasteiger charge is -2.18. The van der Waals surface area contributed by atoms with Gasteiger partial charge in [0.25, 0.3) is 5.91 Å². The van der Waals surface area contributed by atoms with Gasteiger partial charge < -0.3 is 10.1 Å². The molecular formula is C18H18N2O2. The van der Waals surface area contributed by atoms with E-state index in [0.717, 1.165) is 17.7 Å². The maximum atomic E-state index is 12.3. The van der Waals surface area contributed by atoms with Crippen LogP contribution in [0.1, 0.15) is 40.9 Å². The number of benzene rings is 2. The van der Waals surface area contributed by atoms with Crippen LogP contribution >= 0.6 is 0 Å². The number of nitrogens with one attached hydrogen (secondary N) is 1. The number of amides is 1. The number of carbonyl (C=O) groups excluding carboxylic acids is 1. The van der Waals surface area contributed by atoms with E-state index in [2.05, 4.69) is 5.32 Å². The Morgan fingerprint density at radius 1 is 1.27 bits per heavy atom. The van der Waals surface area contributed by atoms with Crippen LogP contribution in [0, 0.1) is 11.3 Å². The van der Waals surface area contributed by atoms with E-state index in [4.69, 9.17) is 10.00 Å². The minimum Gasteiger partial charge on any atom is -0.497 e. The summed E-state index contributed by atoms with van der Waals surface area (Å²) >= 11 is 0. The fraction of sp³-hybridized carbons (Fsp3) is 0.222. The largest absolute Gasteiger partial charge is 0.497 e. The van der Waals surface area contributed by atoms with Gasteiger partial charge in [0, 0.05) is 5.56 Å². The summed E-state index contributed by atoms with van der Waals surface area (Å²) in [6.45, 7) is 2.01. The van der Waals surface area contributed by atoms with Gasteiger partial charge in [0.1, 0.15) is 5.75 Å². The predicted molar refractivity (Wildman–Crippen MR) is 84.6 cm³/mol. The summed E-state index contributed by atoms with van der Waals surface area (Å²) in [6.07, 6.45) is 0.774. The Morgan fingerprint density at radius 2 is 2.00 bits per heavy atom. The molecule has 2 rings (SSSR count). The summed E-state index contributed by atoms with van der Waals surface area (Å²) in [5.41, 5.74) is 1.99. The highest BCUT2D eigenvalue weighted by atomic mass is 16.5. The molecule has 0 fully saturated rings. The fourth-order valence-electron chi connectivity index (χ4n) is 2.23. The number of nitriles is 1. The SMILES string of the molecule is CC[C@@H](NC(=O)c1cccc(C#N)c1)c1ccc(OC)cc1. The first kappa shape index (κ1) is 15.6. The second-order valence-corrected chi connectivity index (χ2v) is 4.90. The normalized spacial score (nSPS) is 11.3. The second kappa shape index (κ2) is 7.28. The van der Waals surface area contributed by atoms with Crippen LogP contribution in [0.25, 0.3) is 0 Å². The molecule has 1 N–H and O–H groups in total. The highest BCUT2D eigenvalue weighted by Gasteiger charge is 2.14. The Hall–Kier alpha value is -2.80. The summed E-state index contributed by atoms with van der Waals surface area (Å²) in [4.78, 5) is 12.3. The van der Waals surface area contributed by atoms with Crippen LogP contribution in [0.15, 0.2) is 48.5 Å². The molecule has 0 heterocycles. The van der Waals surface area contributed by atoms with E-state index in [1.54, 1.807) is 31.4 Å². The quantitative estimate of drug-likeness (QED) is 0.918. The summed E-state index contributed by atoms with van der Waals surface area (Å²) < 4.78 is 5.14. The van der Waals surface area contributed by atoms with Gasteiger partial charge in [-0.3, -0.25) is 4.79 Å². The second-order valence-electron chi connectivity index (χ2n) is 4.90. The molecule has 0 aliphatic carbocycles. The summed E-state index contributed by atoms with van der Waals surface area (Å²) in [7, 11) is 1.62. The van der Waals surface area contributed by atoms with E-state index in [1.807, 2.05) is 37.3 Å². The molecule has 22 heavy (non-hydrogen) atoms. The molecule has 4 nitrogen and oxygen atoms in total. The zero-order valence-electron chi connectivity index (χ0n) is 12.7. The molecule has 1 amide bonds. The molecule has 4 heteroatoms. The van der Waals surface area contributed by atoms with Crippen molar-refractivity contribution in [3.63, 3.8) is 0 Å². The average molecular weight is 294 g/mol. The molecule has 0 saturated heterocycles. The zero-order chi connectivity index (χ0) is 15.9. The Bertz CT molecular complexity index is 687. The number of methoxy groups -OCH3 is 1. The van der Waals surface area contributed by atoms with Crippen molar-refractivity contribution in [3.05, 3.63) is 65.2 Å². The standard InChI is InChI=1S/C18H18N2O2/c1-3-17(14-7-9-16(22-2)10-8-14)20-18(21)15-6-4-5-13(11-15)12-19/h4-11,17H,3H2,1-2H3,(H,20,21)/t17-/m1/s1. The first-order chi connectivity index (χ1) is 10.7. The third-order valence-electron chi connectivity index (χ3n) is 3.49. The topological polar surface area (TPSA) is 62.1 Å². The van der Waals surface area contributed by atoms with Crippen molar-refractivity contribution in [1.82, 2.24) is 5.32 Å². The number of hydrogen-bond donors (Lipinski definition) is 1. The van der Waals surface area contributed by atoms with Gasteiger partial charge in [-0.1, -0.05) is 25.1 Å². The number of rotatable bonds is 5. The van der Waals surface area contributed by atoms with Crippen LogP contribution in [-0.2, 0) is 0 Å². The summed E-state index contributed by atoms with van der Waals surface area (Å²) in [5.74, 6) is 0.603. The lowest BCUT2D eigenvalue weighted by Crippen LogP contribution is -2.28. The maximum Gasteiger partial charge on any atom is 0.251 e. The molecule has 112 valence electrons. The number of hydrogen-bond acceptors (Lipinski definition) is 3. The van der Waals surface area contributed by atoms with Gasteiger partial charge in [-0.2, -0.15) is 5.26 Å². The Labute approximate surface area is 130 Å². The van der Waals surface area contributed by atoms with Crippen molar-refractivity contribution < 1.29 is 9.53 Å². The molecule has 0 aliphatic heterocycles. The van der Waals surface area contributed by atoms with Crippen LogP contribution in [0.2, 0.25) is 0 Å². The maximum absolute atomic E-state index is 12.3. The van der Waals surface area contributed by atoms with E-state index in [0.29, 0.717) is 11.1 Å². The Kier molecular flexibility index (Phi) is 5.16. The van der Waals surface area contributed by atoms with Crippen LogP contribution < -0.4 is 10.1 Å². The first-order valence-corrected chi connectivity index (χ1v) is 7.13. The van der Waals surface area contributed by atoms with E-state index in [-0.39, 0.29) is 11.9 Å². The molecule has 1 atom stereocenters. The van der Waals surface area contributed by atoms with Crippen LogP contribution in [0.5, 0.6) is 5.75 Å². The summed E-state index contributed by atoms with van der Waals surface area (Å²) in [6, 6.07) is 16.3. The Morgan fingerprint density at radius 3 is 2.59 bits per heavy atom. The average Bonchev–Trinajstić information content (AvgIpc) is 2.59. The molecule has 2 aromatic carbocycles. The van der Waals surface area contributed by atoms with Gasteiger partial charge in [0.15, 0.2) is 0 Å². The lowest BCUT2D eigenvalue weighted by atomic mass is 10.0. The predicted octanol–water partition coefficient (Wildman–Crippen LogP) is 3.45. The lowest BCUT2D eigenvalue weighted by molar-refractivity contribution is 0.0935. The number of nitrogens with zero attached hydrogens (tertiary/aromatic N) is 1. The molecule has 0 bridgehead atoms. The summed E-state index contributed by atoms with van der Waals surface area (Å²) in [5, 5.41) is 11.9. The van der Waals surface area contributed by atoms with Gasteiger partial charge in [-0.05, 0) is 42.3 Å². The van der Waals surface area contributed by atoms with Crippen molar-refractivity contribution >= 4 is 5.91 Å². The van der Waals surface area contributed by atoms with E-state index in [9.17, 15) is 4.79 Å². The van der Waals surface area contributed by atoms with E-state index >= 15 is 0 Å². The molecule has 0 spiro atoms. The molecule has 0 unspecified atom stereocenters. The minimum atomic E-state index is -0.181. The minimum absolute atomic E-state index is 0.0795. The number of ether oxygens (including phenoxy) is 1.